The van der Waals surface area contributed by atoms with Crippen LogP contribution in [0.15, 0.2) is 30.5 Å². The average molecular weight is 452 g/mol. The summed E-state index contributed by atoms with van der Waals surface area (Å²) in [5, 5.41) is 4.10. The molecule has 9 heteroatoms. The minimum Gasteiger partial charge on any atom is -0.462 e. The van der Waals surface area contributed by atoms with E-state index in [0.29, 0.717) is 11.9 Å². The van der Waals surface area contributed by atoms with Crippen LogP contribution in [-0.2, 0) is 30.4 Å². The first-order chi connectivity index (χ1) is 14.6. The molecule has 1 aliphatic rings. The van der Waals surface area contributed by atoms with Crippen LogP contribution in [0, 0.1) is 5.41 Å². The molecular formula is C22H33N3O5S. The van der Waals surface area contributed by atoms with Gasteiger partial charge in [0.1, 0.15) is 6.10 Å². The number of nitrogens with zero attached hydrogens (tertiary/aromatic N) is 2. The SMILES string of the molecule is CN(C)CCc1cn(S(=O)(=O)OCC(C)(C)C(=O)OC2CCNCC2)c2ccccc12. The molecule has 0 radical (unpaired) electrons. The fourth-order valence-electron chi connectivity index (χ4n) is 3.51. The molecule has 0 bridgehead atoms. The molecule has 2 aromatic rings. The molecule has 1 aliphatic heterocycles. The average Bonchev–Trinajstić information content (AvgIpc) is 3.11. The molecule has 1 fully saturated rings. The number of likely N-dealkylation sites (N-methyl/N-ethyl adjacent to an activating group) is 1. The number of ether oxygens (including phenoxy) is 1. The topological polar surface area (TPSA) is 89.9 Å². The molecule has 8 nitrogen and oxygen atoms in total. The Labute approximate surface area is 184 Å². The largest absolute Gasteiger partial charge is 0.462 e. The molecule has 3 rings (SSSR count). The number of esters is 1. The molecule has 31 heavy (non-hydrogen) atoms. The minimum atomic E-state index is -4.12. The van der Waals surface area contributed by atoms with Crippen molar-refractivity contribution in [1.82, 2.24) is 14.2 Å². The summed E-state index contributed by atoms with van der Waals surface area (Å²) in [5.74, 6) is -0.446. The van der Waals surface area contributed by atoms with Crippen LogP contribution in [0.1, 0.15) is 32.3 Å². The summed E-state index contributed by atoms with van der Waals surface area (Å²) in [7, 11) is -0.167. The molecule has 2 heterocycles. The first-order valence-electron chi connectivity index (χ1n) is 10.7. The van der Waals surface area contributed by atoms with E-state index < -0.39 is 21.7 Å². The van der Waals surface area contributed by atoms with Gasteiger partial charge in [0.15, 0.2) is 0 Å². The normalized spacial score (nSPS) is 16.2. The lowest BCUT2D eigenvalue weighted by molar-refractivity contribution is -0.162. The summed E-state index contributed by atoms with van der Waals surface area (Å²) in [6.07, 6.45) is 3.70. The Morgan fingerprint density at radius 2 is 1.90 bits per heavy atom. The first-order valence-corrected chi connectivity index (χ1v) is 12.0. The van der Waals surface area contributed by atoms with Gasteiger partial charge in [-0.05, 0) is 71.9 Å². The van der Waals surface area contributed by atoms with Crippen molar-refractivity contribution in [3.63, 3.8) is 0 Å². The summed E-state index contributed by atoms with van der Waals surface area (Å²) in [6.45, 7) is 5.40. The summed E-state index contributed by atoms with van der Waals surface area (Å²) in [5.41, 5.74) is 0.404. The number of benzene rings is 1. The van der Waals surface area contributed by atoms with Gasteiger partial charge in [-0.1, -0.05) is 18.2 Å². The van der Waals surface area contributed by atoms with Crippen LogP contribution in [0.5, 0.6) is 0 Å². The Morgan fingerprint density at radius 3 is 2.58 bits per heavy atom. The van der Waals surface area contributed by atoms with Crippen LogP contribution >= 0.6 is 0 Å². The smallest absolute Gasteiger partial charge is 0.366 e. The van der Waals surface area contributed by atoms with Crippen molar-refractivity contribution in [3.8, 4) is 0 Å². The molecule has 0 saturated carbocycles. The van der Waals surface area contributed by atoms with Gasteiger partial charge in [-0.2, -0.15) is 8.42 Å². The Balaban J connectivity index is 1.74. The fourth-order valence-corrected chi connectivity index (χ4v) is 4.72. The van der Waals surface area contributed by atoms with E-state index in [-0.39, 0.29) is 12.7 Å². The third-order valence-electron chi connectivity index (χ3n) is 5.51. The highest BCUT2D eigenvalue weighted by molar-refractivity contribution is 7.85. The van der Waals surface area contributed by atoms with Gasteiger partial charge in [0, 0.05) is 18.1 Å². The van der Waals surface area contributed by atoms with Gasteiger partial charge < -0.3 is 15.0 Å². The minimum absolute atomic E-state index is 0.141. The number of piperidine rings is 1. The predicted octanol–water partition coefficient (Wildman–Crippen LogP) is 2.18. The van der Waals surface area contributed by atoms with Gasteiger partial charge in [0.2, 0.25) is 0 Å². The van der Waals surface area contributed by atoms with Crippen LogP contribution in [0.25, 0.3) is 10.9 Å². The van der Waals surface area contributed by atoms with E-state index in [1.165, 1.54) is 3.97 Å². The number of hydrogen-bond donors (Lipinski definition) is 1. The Kier molecular flexibility index (Phi) is 7.41. The second kappa shape index (κ2) is 9.68. The number of para-hydroxylation sites is 1. The van der Waals surface area contributed by atoms with Gasteiger partial charge in [-0.3, -0.25) is 8.98 Å². The standard InChI is InChI=1S/C22H33N3O5S/c1-22(2,21(26)30-18-9-12-23-13-10-18)16-29-31(27,28)25-15-17(11-14-24(3)4)19-7-5-6-8-20(19)25/h5-8,15,18,23H,9-14,16H2,1-4H3. The van der Waals surface area contributed by atoms with E-state index >= 15 is 0 Å². The zero-order valence-electron chi connectivity index (χ0n) is 18.8. The van der Waals surface area contributed by atoms with E-state index in [1.807, 2.05) is 31.1 Å². The number of carbonyl (C=O) groups is 1. The summed E-state index contributed by atoms with van der Waals surface area (Å²) >= 11 is 0. The van der Waals surface area contributed by atoms with Crippen molar-refractivity contribution in [2.75, 3.05) is 40.3 Å². The number of rotatable bonds is 9. The molecule has 1 saturated heterocycles. The second-order valence-electron chi connectivity index (χ2n) is 8.98. The van der Waals surface area contributed by atoms with Gasteiger partial charge >= 0.3 is 16.3 Å². The molecule has 172 valence electrons. The van der Waals surface area contributed by atoms with Crippen molar-refractivity contribution < 1.29 is 22.1 Å². The molecule has 0 aliphatic carbocycles. The van der Waals surface area contributed by atoms with E-state index in [1.54, 1.807) is 32.2 Å². The third kappa shape index (κ3) is 5.85. The zero-order chi connectivity index (χ0) is 22.6. The molecule has 1 aromatic heterocycles. The second-order valence-corrected chi connectivity index (χ2v) is 10.5. The monoisotopic (exact) mass is 451 g/mol. The van der Waals surface area contributed by atoms with E-state index in [4.69, 9.17) is 8.92 Å². The van der Waals surface area contributed by atoms with Crippen LogP contribution in [-0.4, -0.2) is 69.7 Å². The summed E-state index contributed by atoms with van der Waals surface area (Å²) in [4.78, 5) is 14.7. The molecule has 1 N–H and O–H groups in total. The van der Waals surface area contributed by atoms with Gasteiger partial charge in [-0.15, -0.1) is 0 Å². The van der Waals surface area contributed by atoms with Crippen molar-refractivity contribution in [2.45, 2.75) is 39.2 Å². The lowest BCUT2D eigenvalue weighted by Gasteiger charge is -2.28. The predicted molar refractivity (Wildman–Crippen MR) is 120 cm³/mol. The van der Waals surface area contributed by atoms with E-state index in [0.717, 1.165) is 43.4 Å². The van der Waals surface area contributed by atoms with Crippen LogP contribution < -0.4 is 5.32 Å². The van der Waals surface area contributed by atoms with Crippen LogP contribution in [0.2, 0.25) is 0 Å². The van der Waals surface area contributed by atoms with E-state index in [2.05, 4.69) is 5.32 Å². The maximum absolute atomic E-state index is 13.0. The number of fused-ring (bicyclic) bond motifs is 1. The number of aromatic nitrogens is 1. The zero-order valence-corrected chi connectivity index (χ0v) is 19.6. The highest BCUT2D eigenvalue weighted by Gasteiger charge is 2.34. The third-order valence-corrected chi connectivity index (χ3v) is 6.71. The summed E-state index contributed by atoms with van der Waals surface area (Å²) < 4.78 is 38.2. The van der Waals surface area contributed by atoms with Crippen LogP contribution in [0.3, 0.4) is 0 Å². The lowest BCUT2D eigenvalue weighted by atomic mass is 9.95. The van der Waals surface area contributed by atoms with Crippen molar-refractivity contribution >= 4 is 27.2 Å². The number of hydrogen-bond acceptors (Lipinski definition) is 7. The summed E-state index contributed by atoms with van der Waals surface area (Å²) in [6, 6.07) is 7.35. The molecule has 0 spiro atoms. The Morgan fingerprint density at radius 1 is 1.23 bits per heavy atom. The highest BCUT2D eigenvalue weighted by atomic mass is 32.2. The van der Waals surface area contributed by atoms with Gasteiger partial charge in [0.25, 0.3) is 0 Å². The van der Waals surface area contributed by atoms with Crippen molar-refractivity contribution in [2.24, 2.45) is 5.41 Å². The van der Waals surface area contributed by atoms with Crippen LogP contribution in [0.4, 0.5) is 0 Å². The first kappa shape index (κ1) is 23.7. The molecular weight excluding hydrogens is 418 g/mol. The maximum Gasteiger partial charge on any atom is 0.366 e. The van der Waals surface area contributed by atoms with Gasteiger partial charge in [-0.25, -0.2) is 3.97 Å². The Hall–Kier alpha value is -1.94. The molecule has 1 aromatic carbocycles. The molecule has 0 atom stereocenters. The quantitative estimate of drug-likeness (QED) is 0.585. The highest BCUT2D eigenvalue weighted by Crippen LogP contribution is 2.26. The number of nitrogens with one attached hydrogen (secondary N) is 1. The fraction of sp³-hybridized carbons (Fsp3) is 0.591. The Bertz CT molecular complexity index is 1010. The maximum atomic E-state index is 13.0. The van der Waals surface area contributed by atoms with Crippen molar-refractivity contribution in [3.05, 3.63) is 36.0 Å². The van der Waals surface area contributed by atoms with E-state index in [9.17, 15) is 13.2 Å². The van der Waals surface area contributed by atoms with Crippen molar-refractivity contribution in [1.29, 1.82) is 0 Å². The molecule has 0 unspecified atom stereocenters. The molecule has 0 amide bonds. The lowest BCUT2D eigenvalue weighted by Crippen LogP contribution is -2.39. The number of carbonyl (C=O) groups excluding carboxylic acids is 1. The van der Waals surface area contributed by atoms with Gasteiger partial charge in [0.05, 0.1) is 17.5 Å².